The zero-order chi connectivity index (χ0) is 12.6. The Morgan fingerprint density at radius 1 is 1.28 bits per heavy atom. The van der Waals surface area contributed by atoms with Gasteiger partial charge in [-0.25, -0.2) is 0 Å². The van der Waals surface area contributed by atoms with Gasteiger partial charge in [0.25, 0.3) is 0 Å². The minimum atomic E-state index is 0.181. The summed E-state index contributed by atoms with van der Waals surface area (Å²) in [5.74, 6) is 1.79. The van der Waals surface area contributed by atoms with Crippen molar-refractivity contribution in [2.75, 3.05) is 18.1 Å². The lowest BCUT2D eigenvalue weighted by molar-refractivity contribution is -0.119. The van der Waals surface area contributed by atoms with Gasteiger partial charge in [0.05, 0.1) is 12.3 Å². The predicted molar refractivity (Wildman–Crippen MR) is 81.5 cm³/mol. The summed E-state index contributed by atoms with van der Waals surface area (Å²) in [5.41, 5.74) is 0. The number of carbonyl (C=O) groups is 1. The van der Waals surface area contributed by atoms with E-state index in [9.17, 15) is 4.79 Å². The summed E-state index contributed by atoms with van der Waals surface area (Å²) in [6, 6.07) is 0.413. The summed E-state index contributed by atoms with van der Waals surface area (Å²) in [6.07, 6.45) is 8.87. The summed E-state index contributed by atoms with van der Waals surface area (Å²) in [4.78, 5) is 16.2. The molecular formula is C13H22N2OS2. The molecule has 0 unspecified atom stereocenters. The quantitative estimate of drug-likeness (QED) is 0.867. The Bertz CT molecular complexity index is 299. The molecule has 1 aliphatic heterocycles. The topological polar surface area (TPSA) is 41.5 Å². The molecule has 0 bridgehead atoms. The van der Waals surface area contributed by atoms with Gasteiger partial charge in [-0.15, -0.1) is 0 Å². The number of nitrogens with zero attached hydrogens (tertiary/aromatic N) is 1. The van der Waals surface area contributed by atoms with Crippen molar-refractivity contribution in [1.82, 2.24) is 5.32 Å². The Morgan fingerprint density at radius 3 is 2.67 bits per heavy atom. The third-order valence-corrected chi connectivity index (χ3v) is 5.61. The van der Waals surface area contributed by atoms with Crippen LogP contribution in [0.3, 0.4) is 0 Å². The molecule has 1 fully saturated rings. The van der Waals surface area contributed by atoms with Gasteiger partial charge in [0.1, 0.15) is 4.38 Å². The highest BCUT2D eigenvalue weighted by Crippen LogP contribution is 2.22. The van der Waals surface area contributed by atoms with Crippen molar-refractivity contribution in [3.8, 4) is 0 Å². The largest absolute Gasteiger partial charge is 0.353 e. The van der Waals surface area contributed by atoms with Crippen LogP contribution in [0.2, 0.25) is 0 Å². The maximum atomic E-state index is 11.9. The van der Waals surface area contributed by atoms with E-state index in [0.29, 0.717) is 11.8 Å². The summed E-state index contributed by atoms with van der Waals surface area (Å²) < 4.78 is 1.09. The van der Waals surface area contributed by atoms with Gasteiger partial charge < -0.3 is 5.32 Å². The van der Waals surface area contributed by atoms with Crippen LogP contribution in [-0.4, -0.2) is 34.4 Å². The predicted octanol–water partition coefficient (Wildman–Crippen LogP) is 3.05. The number of hydrogen-bond donors (Lipinski definition) is 1. The van der Waals surface area contributed by atoms with Gasteiger partial charge in [0.2, 0.25) is 5.91 Å². The van der Waals surface area contributed by atoms with Crippen LogP contribution in [0.5, 0.6) is 0 Å². The highest BCUT2D eigenvalue weighted by molar-refractivity contribution is 8.39. The molecule has 3 nitrogen and oxygen atoms in total. The Kier molecular flexibility index (Phi) is 6.41. The fraction of sp³-hybridized carbons (Fsp3) is 0.846. The fourth-order valence-corrected chi connectivity index (χ4v) is 4.22. The maximum Gasteiger partial charge on any atom is 0.230 e. The van der Waals surface area contributed by atoms with Crippen molar-refractivity contribution in [2.45, 2.75) is 51.0 Å². The van der Waals surface area contributed by atoms with Crippen LogP contribution in [-0.2, 0) is 4.79 Å². The summed E-state index contributed by atoms with van der Waals surface area (Å²) in [6.45, 7) is 0.914. The SMILES string of the molecule is O=C(CSC1=NCCS1)NC1CCCCCCC1. The molecule has 1 heterocycles. The van der Waals surface area contributed by atoms with Crippen molar-refractivity contribution in [2.24, 2.45) is 4.99 Å². The first-order chi connectivity index (χ1) is 8.84. The lowest BCUT2D eigenvalue weighted by Crippen LogP contribution is -2.36. The minimum absolute atomic E-state index is 0.181. The van der Waals surface area contributed by atoms with Gasteiger partial charge in [0.15, 0.2) is 0 Å². The second-order valence-electron chi connectivity index (χ2n) is 4.89. The molecule has 2 aliphatic rings. The van der Waals surface area contributed by atoms with Gasteiger partial charge in [-0.05, 0) is 12.8 Å². The number of amides is 1. The second kappa shape index (κ2) is 8.10. The van der Waals surface area contributed by atoms with Crippen molar-refractivity contribution >= 4 is 33.8 Å². The van der Waals surface area contributed by atoms with E-state index in [0.717, 1.165) is 29.5 Å². The molecule has 1 aliphatic carbocycles. The molecule has 2 rings (SSSR count). The van der Waals surface area contributed by atoms with Crippen LogP contribution in [0.15, 0.2) is 4.99 Å². The maximum absolute atomic E-state index is 11.9. The Hall–Kier alpha value is -0.160. The standard InChI is InChI=1S/C13H22N2OS2/c16-12(10-18-13-14-8-9-17-13)15-11-6-4-2-1-3-5-7-11/h11H,1-10H2,(H,15,16). The molecule has 0 aromatic heterocycles. The molecule has 0 spiro atoms. The Balaban J connectivity index is 1.65. The van der Waals surface area contributed by atoms with Crippen molar-refractivity contribution in [3.05, 3.63) is 0 Å². The summed E-state index contributed by atoms with van der Waals surface area (Å²) in [5, 5.41) is 3.19. The molecule has 1 N–H and O–H groups in total. The van der Waals surface area contributed by atoms with E-state index < -0.39 is 0 Å². The highest BCUT2D eigenvalue weighted by atomic mass is 32.2. The average Bonchev–Trinajstić information content (AvgIpc) is 2.83. The first-order valence-corrected chi connectivity index (χ1v) is 8.91. The van der Waals surface area contributed by atoms with Gasteiger partial charge in [-0.2, -0.15) is 0 Å². The van der Waals surface area contributed by atoms with Crippen LogP contribution in [0.1, 0.15) is 44.9 Å². The summed E-state index contributed by atoms with van der Waals surface area (Å²) in [7, 11) is 0. The zero-order valence-electron chi connectivity index (χ0n) is 10.8. The molecule has 1 amide bonds. The van der Waals surface area contributed by atoms with Crippen LogP contribution in [0.4, 0.5) is 0 Å². The van der Waals surface area contributed by atoms with E-state index in [2.05, 4.69) is 10.3 Å². The van der Waals surface area contributed by atoms with Gasteiger partial charge in [-0.1, -0.05) is 55.6 Å². The first-order valence-electron chi connectivity index (χ1n) is 6.94. The monoisotopic (exact) mass is 286 g/mol. The van der Waals surface area contributed by atoms with Crippen LogP contribution in [0, 0.1) is 0 Å². The van der Waals surface area contributed by atoms with Crippen molar-refractivity contribution in [3.63, 3.8) is 0 Å². The highest BCUT2D eigenvalue weighted by Gasteiger charge is 2.15. The molecule has 0 aromatic rings. The lowest BCUT2D eigenvalue weighted by Gasteiger charge is -2.20. The third kappa shape index (κ3) is 5.22. The van der Waals surface area contributed by atoms with E-state index in [1.807, 2.05) is 0 Å². The Morgan fingerprint density at radius 2 is 2.00 bits per heavy atom. The van der Waals surface area contributed by atoms with Gasteiger partial charge in [-0.3, -0.25) is 9.79 Å². The normalized spacial score (nSPS) is 22.1. The smallest absolute Gasteiger partial charge is 0.230 e. The van der Waals surface area contributed by atoms with Crippen LogP contribution in [0.25, 0.3) is 0 Å². The van der Waals surface area contributed by atoms with E-state index >= 15 is 0 Å². The first kappa shape index (κ1) is 14.3. The number of nitrogens with one attached hydrogen (secondary N) is 1. The Labute approximate surface area is 118 Å². The van der Waals surface area contributed by atoms with E-state index in [1.165, 1.54) is 32.1 Å². The average molecular weight is 286 g/mol. The zero-order valence-corrected chi connectivity index (χ0v) is 12.5. The van der Waals surface area contributed by atoms with Gasteiger partial charge in [0, 0.05) is 11.8 Å². The number of rotatable bonds is 3. The minimum Gasteiger partial charge on any atom is -0.353 e. The third-order valence-electron chi connectivity index (χ3n) is 3.35. The number of aliphatic imine (C=N–C) groups is 1. The van der Waals surface area contributed by atoms with E-state index in [4.69, 9.17) is 0 Å². The second-order valence-corrected chi connectivity index (χ2v) is 7.20. The number of hydrogen-bond acceptors (Lipinski definition) is 4. The molecule has 102 valence electrons. The van der Waals surface area contributed by atoms with Crippen LogP contribution >= 0.6 is 23.5 Å². The molecule has 0 aromatic carbocycles. The number of thioether (sulfide) groups is 2. The van der Waals surface area contributed by atoms with Crippen molar-refractivity contribution < 1.29 is 4.79 Å². The lowest BCUT2D eigenvalue weighted by atomic mass is 9.97. The molecule has 1 saturated carbocycles. The molecule has 5 heteroatoms. The summed E-state index contributed by atoms with van der Waals surface area (Å²) >= 11 is 3.36. The molecular weight excluding hydrogens is 264 g/mol. The molecule has 0 saturated heterocycles. The molecule has 18 heavy (non-hydrogen) atoms. The fourth-order valence-electron chi connectivity index (χ4n) is 2.40. The number of carbonyl (C=O) groups excluding carboxylic acids is 1. The van der Waals surface area contributed by atoms with E-state index in [-0.39, 0.29) is 5.91 Å². The van der Waals surface area contributed by atoms with E-state index in [1.54, 1.807) is 23.5 Å². The van der Waals surface area contributed by atoms with Crippen LogP contribution < -0.4 is 5.32 Å². The van der Waals surface area contributed by atoms with Gasteiger partial charge >= 0.3 is 0 Å². The van der Waals surface area contributed by atoms with Crippen molar-refractivity contribution in [1.29, 1.82) is 0 Å². The molecule has 0 atom stereocenters. The molecule has 0 radical (unpaired) electrons.